The van der Waals surface area contributed by atoms with Gasteiger partial charge in [-0.3, -0.25) is 24.8 Å². The number of imide groups is 1. The van der Waals surface area contributed by atoms with Crippen LogP contribution >= 0.6 is 11.3 Å². The molecule has 0 spiro atoms. The summed E-state index contributed by atoms with van der Waals surface area (Å²) in [5.41, 5.74) is 5.73. The van der Waals surface area contributed by atoms with Gasteiger partial charge in [-0.15, -0.1) is 10.2 Å². The molecule has 15 heteroatoms. The van der Waals surface area contributed by atoms with E-state index in [2.05, 4.69) is 49.3 Å². The summed E-state index contributed by atoms with van der Waals surface area (Å²) < 4.78 is 1.72. The van der Waals surface area contributed by atoms with Gasteiger partial charge in [0.1, 0.15) is 5.82 Å². The van der Waals surface area contributed by atoms with Crippen LogP contribution in [0.15, 0.2) is 53.4 Å². The standard InChI is InChI=1S/C41H46N12O2S/c1-25(19-42)17-29-8-10-36(53(29)43-2)35-18-34(46-28-4-5-28)33(21-44-35)40-48-49-41(56-40)51-23-30-6-7-31(24-51)52(30)22-26-13-15-50(16-14-26)37-11-3-27(20-45-37)32-9-12-38(54)47-39(32)55/h3,8,10-11,17-18,20-21,26,28,30-32H,2,4-7,9,12-16,22-24H2,1H3,(H,44,46)(H,47,54,55)/b25-17+/t30?,31?,32-/m1/s1. The summed E-state index contributed by atoms with van der Waals surface area (Å²) in [4.78, 5) is 41.1. The second-order valence-corrected chi connectivity index (χ2v) is 16.8. The van der Waals surface area contributed by atoms with E-state index < -0.39 is 0 Å². The Bertz CT molecular complexity index is 2200. The number of nitrogens with zero attached hydrogens (tertiary/aromatic N) is 10. The van der Waals surface area contributed by atoms with Crippen molar-refractivity contribution in [2.75, 3.05) is 47.8 Å². The van der Waals surface area contributed by atoms with E-state index in [0.717, 1.165) is 108 Å². The molecule has 2 N–H and O–H groups in total. The number of anilines is 3. The fourth-order valence-electron chi connectivity index (χ4n) is 8.83. The van der Waals surface area contributed by atoms with Crippen LogP contribution < -0.4 is 20.4 Å². The number of piperidine rings is 2. The smallest absolute Gasteiger partial charge is 0.234 e. The number of carbonyl (C=O) groups excluding carboxylic acids is 2. The van der Waals surface area contributed by atoms with Gasteiger partial charge < -0.3 is 15.1 Å². The van der Waals surface area contributed by atoms with Gasteiger partial charge in [-0.2, -0.15) is 10.4 Å². The molecule has 5 fully saturated rings. The monoisotopic (exact) mass is 770 g/mol. The number of pyridine rings is 2. The third-order valence-electron chi connectivity index (χ3n) is 12.0. The lowest BCUT2D eigenvalue weighted by Crippen LogP contribution is -2.55. The van der Waals surface area contributed by atoms with Gasteiger partial charge in [0.05, 0.1) is 34.6 Å². The summed E-state index contributed by atoms with van der Waals surface area (Å²) in [6, 6.07) is 13.6. The molecular formula is C41H46N12O2S. The highest BCUT2D eigenvalue weighted by Crippen LogP contribution is 2.40. The van der Waals surface area contributed by atoms with E-state index in [9.17, 15) is 14.9 Å². The molecule has 4 aromatic heterocycles. The Morgan fingerprint density at radius 3 is 2.52 bits per heavy atom. The highest BCUT2D eigenvalue weighted by atomic mass is 32.1. The number of piperazine rings is 1. The predicted molar refractivity (Wildman–Crippen MR) is 217 cm³/mol. The van der Waals surface area contributed by atoms with E-state index in [1.54, 1.807) is 29.0 Å². The van der Waals surface area contributed by atoms with Crippen LogP contribution in [0.3, 0.4) is 0 Å². The number of amides is 2. The lowest BCUT2D eigenvalue weighted by Gasteiger charge is -2.43. The maximum atomic E-state index is 12.3. The Balaban J connectivity index is 0.828. The van der Waals surface area contributed by atoms with E-state index >= 15 is 0 Å². The molecule has 4 saturated heterocycles. The second kappa shape index (κ2) is 15.2. The Morgan fingerprint density at radius 1 is 1.02 bits per heavy atom. The molecule has 4 aromatic rings. The molecule has 3 atom stereocenters. The summed E-state index contributed by atoms with van der Waals surface area (Å²) >= 11 is 1.64. The largest absolute Gasteiger partial charge is 0.382 e. The lowest BCUT2D eigenvalue weighted by molar-refractivity contribution is -0.134. The van der Waals surface area contributed by atoms with Crippen molar-refractivity contribution in [1.29, 1.82) is 5.26 Å². The number of hydrogen-bond donors (Lipinski definition) is 2. The van der Waals surface area contributed by atoms with Crippen molar-refractivity contribution >= 4 is 52.6 Å². The van der Waals surface area contributed by atoms with E-state index in [4.69, 9.17) is 20.2 Å². The number of fused-ring (bicyclic) bond motifs is 2. The van der Waals surface area contributed by atoms with Crippen molar-refractivity contribution in [2.45, 2.75) is 82.3 Å². The molecule has 0 radical (unpaired) electrons. The number of nitriles is 1. The van der Waals surface area contributed by atoms with Crippen LogP contribution in [-0.2, 0) is 9.59 Å². The summed E-state index contributed by atoms with van der Waals surface area (Å²) in [6.07, 6.45) is 13.4. The van der Waals surface area contributed by atoms with Crippen LogP contribution in [0.2, 0.25) is 0 Å². The van der Waals surface area contributed by atoms with Crippen LogP contribution in [-0.4, -0.2) is 99.1 Å². The molecule has 9 rings (SSSR count). The van der Waals surface area contributed by atoms with Crippen molar-refractivity contribution in [2.24, 2.45) is 11.0 Å². The van der Waals surface area contributed by atoms with E-state index in [1.165, 1.54) is 12.8 Å². The minimum atomic E-state index is -0.304. The van der Waals surface area contributed by atoms with Crippen LogP contribution in [0.1, 0.15) is 75.5 Å². The molecule has 8 heterocycles. The Morgan fingerprint density at radius 2 is 1.82 bits per heavy atom. The van der Waals surface area contributed by atoms with Gasteiger partial charge in [-0.05, 0) is 93.7 Å². The third kappa shape index (κ3) is 7.31. The normalized spacial score (nSPS) is 23.3. The first-order valence-corrected chi connectivity index (χ1v) is 20.6. The van der Waals surface area contributed by atoms with E-state index in [-0.39, 0.29) is 17.7 Å². The van der Waals surface area contributed by atoms with Crippen molar-refractivity contribution in [1.82, 2.24) is 35.1 Å². The SMILES string of the molecule is C=Nn1c(/C=C(\C)C#N)ccc1-c1cc(NC2CC2)c(-c2nnc(N3CC4CCC(C3)N4CC3CCN(c4ccc([C@H]5CCC(=O)NC5=O)cn4)CC3)s2)cn1. The molecule has 5 aliphatic rings. The zero-order valence-electron chi connectivity index (χ0n) is 31.6. The number of nitrogens with one attached hydrogen (secondary N) is 2. The maximum Gasteiger partial charge on any atom is 0.234 e. The topological polar surface area (TPSA) is 161 Å². The lowest BCUT2D eigenvalue weighted by atomic mass is 9.91. The molecule has 2 bridgehead atoms. The summed E-state index contributed by atoms with van der Waals surface area (Å²) in [5, 5.41) is 30.9. The number of aromatic nitrogens is 5. The number of hydrogen-bond acceptors (Lipinski definition) is 13. The molecule has 1 saturated carbocycles. The molecule has 4 aliphatic heterocycles. The number of rotatable bonds is 11. The van der Waals surface area contributed by atoms with Crippen LogP contribution in [0.4, 0.5) is 16.6 Å². The highest BCUT2D eigenvalue weighted by Gasteiger charge is 2.42. The van der Waals surface area contributed by atoms with E-state index in [0.29, 0.717) is 42.5 Å². The van der Waals surface area contributed by atoms with Crippen molar-refractivity contribution in [3.05, 3.63) is 59.6 Å². The first kappa shape index (κ1) is 36.2. The van der Waals surface area contributed by atoms with Crippen molar-refractivity contribution in [3.63, 3.8) is 0 Å². The van der Waals surface area contributed by atoms with Gasteiger partial charge in [0.2, 0.25) is 16.9 Å². The minimum Gasteiger partial charge on any atom is -0.382 e. The van der Waals surface area contributed by atoms with Crippen LogP contribution in [0.25, 0.3) is 28.0 Å². The second-order valence-electron chi connectivity index (χ2n) is 15.8. The summed E-state index contributed by atoms with van der Waals surface area (Å²) in [7, 11) is 0. The van der Waals surface area contributed by atoms with Gasteiger partial charge in [0, 0.05) is 87.6 Å². The average Bonchev–Trinajstić information content (AvgIpc) is 3.63. The molecule has 0 aromatic carbocycles. The van der Waals surface area contributed by atoms with Crippen LogP contribution in [0.5, 0.6) is 0 Å². The Labute approximate surface area is 330 Å². The van der Waals surface area contributed by atoms with Crippen molar-refractivity contribution < 1.29 is 9.59 Å². The number of allylic oxidation sites excluding steroid dienone is 1. The van der Waals surface area contributed by atoms with Gasteiger partial charge in [-0.1, -0.05) is 17.4 Å². The predicted octanol–water partition coefficient (Wildman–Crippen LogP) is 5.52. The zero-order chi connectivity index (χ0) is 38.3. The third-order valence-corrected chi connectivity index (χ3v) is 13.1. The molecule has 1 aliphatic carbocycles. The molecule has 14 nitrogen and oxygen atoms in total. The first-order chi connectivity index (χ1) is 27.3. The molecule has 2 unspecified atom stereocenters. The molecule has 2 amide bonds. The molecule has 56 heavy (non-hydrogen) atoms. The number of carbonyl (C=O) groups is 2. The van der Waals surface area contributed by atoms with Gasteiger partial charge in [-0.25, -0.2) is 9.66 Å². The highest BCUT2D eigenvalue weighted by molar-refractivity contribution is 7.18. The summed E-state index contributed by atoms with van der Waals surface area (Å²) in [6.45, 7) is 10.6. The Kier molecular flexibility index (Phi) is 9.84. The fraction of sp³-hybridized carbons (Fsp3) is 0.463. The molecule has 288 valence electrons. The average molecular weight is 771 g/mol. The zero-order valence-corrected chi connectivity index (χ0v) is 32.4. The van der Waals surface area contributed by atoms with Crippen molar-refractivity contribution in [3.8, 4) is 28.0 Å². The first-order valence-electron chi connectivity index (χ1n) is 19.8. The van der Waals surface area contributed by atoms with Gasteiger partial charge in [0.15, 0.2) is 5.01 Å². The van der Waals surface area contributed by atoms with Gasteiger partial charge in [0.25, 0.3) is 0 Å². The summed E-state index contributed by atoms with van der Waals surface area (Å²) in [5.74, 6) is 0.892. The maximum absolute atomic E-state index is 12.3. The Hall–Kier alpha value is -5.46. The van der Waals surface area contributed by atoms with Crippen LogP contribution in [0, 0.1) is 17.2 Å². The van der Waals surface area contributed by atoms with E-state index in [1.807, 2.05) is 36.7 Å². The van der Waals surface area contributed by atoms with Gasteiger partial charge >= 0.3 is 0 Å². The quantitative estimate of drug-likeness (QED) is 0.112. The fourth-order valence-corrected chi connectivity index (χ4v) is 9.72. The molecular weight excluding hydrogens is 725 g/mol. The minimum absolute atomic E-state index is 0.195.